The normalized spacial score (nSPS) is 21.3. The Morgan fingerprint density at radius 2 is 1.93 bits per heavy atom. The lowest BCUT2D eigenvalue weighted by Crippen LogP contribution is -2.49. The van der Waals surface area contributed by atoms with Gasteiger partial charge in [-0.2, -0.15) is 0 Å². The van der Waals surface area contributed by atoms with Gasteiger partial charge in [-0.1, -0.05) is 17.7 Å². The molecule has 29 heavy (non-hydrogen) atoms. The Hall–Kier alpha value is -3.00. The highest BCUT2D eigenvalue weighted by atomic mass is 35.5. The molecule has 2 fully saturated rings. The predicted molar refractivity (Wildman–Crippen MR) is 102 cm³/mol. The number of carbonyl (C=O) groups excluding carboxylic acids is 3. The van der Waals surface area contributed by atoms with Gasteiger partial charge in [0.25, 0.3) is 11.8 Å². The van der Waals surface area contributed by atoms with Gasteiger partial charge in [0, 0.05) is 18.2 Å². The summed E-state index contributed by atoms with van der Waals surface area (Å²) in [5.41, 5.74) is 0.380. The summed E-state index contributed by atoms with van der Waals surface area (Å²) >= 11 is 5.72. The van der Waals surface area contributed by atoms with Crippen LogP contribution in [0.4, 0.5) is 19.3 Å². The number of carbonyl (C=O) groups is 3. The summed E-state index contributed by atoms with van der Waals surface area (Å²) in [6, 6.07) is 7.36. The van der Waals surface area contributed by atoms with Gasteiger partial charge < -0.3 is 10.2 Å². The molecule has 0 aliphatic carbocycles. The molecule has 2 saturated heterocycles. The summed E-state index contributed by atoms with van der Waals surface area (Å²) in [5.74, 6) is -2.06. The van der Waals surface area contributed by atoms with E-state index in [1.54, 1.807) is 0 Å². The molecule has 0 spiro atoms. The largest absolute Gasteiger partial charge is 0.349 e. The van der Waals surface area contributed by atoms with Gasteiger partial charge >= 0.3 is 6.03 Å². The Balaban J connectivity index is 1.48. The number of rotatable bonds is 3. The number of amides is 4. The van der Waals surface area contributed by atoms with Crippen LogP contribution in [0.25, 0.3) is 0 Å². The Kier molecular flexibility index (Phi) is 4.96. The minimum atomic E-state index is -0.735. The molecule has 2 aliphatic heterocycles. The number of urea groups is 1. The lowest BCUT2D eigenvalue weighted by molar-refractivity contribution is -0.120. The number of nitrogens with one attached hydrogen (secondary N) is 1. The number of hydrogen-bond donors (Lipinski definition) is 1. The first kappa shape index (κ1) is 19.3. The molecular weight excluding hydrogens is 404 g/mol. The van der Waals surface area contributed by atoms with Crippen LogP contribution in [0, 0.1) is 11.6 Å². The third kappa shape index (κ3) is 3.55. The van der Waals surface area contributed by atoms with Crippen LogP contribution < -0.4 is 10.2 Å². The predicted octanol–water partition coefficient (Wildman–Crippen LogP) is 3.35. The zero-order chi connectivity index (χ0) is 20.7. The molecule has 2 aromatic rings. The molecule has 0 bridgehead atoms. The fourth-order valence-corrected chi connectivity index (χ4v) is 3.87. The number of benzene rings is 2. The molecule has 2 atom stereocenters. The SMILES string of the molecule is O=C(NC1CCN2C(=O)N(c3cccc(F)c3)C(=O)C2C1)c1ccc(F)c(Cl)c1. The van der Waals surface area contributed by atoms with Gasteiger partial charge in [-0.05, 0) is 49.2 Å². The van der Waals surface area contributed by atoms with E-state index in [9.17, 15) is 23.2 Å². The van der Waals surface area contributed by atoms with Gasteiger partial charge in [-0.3, -0.25) is 9.59 Å². The zero-order valence-electron chi connectivity index (χ0n) is 15.1. The monoisotopic (exact) mass is 419 g/mol. The number of imide groups is 1. The summed E-state index contributed by atoms with van der Waals surface area (Å²) in [5, 5.41) is 2.65. The minimum absolute atomic E-state index is 0.158. The van der Waals surface area contributed by atoms with Crippen molar-refractivity contribution in [2.45, 2.75) is 24.9 Å². The molecule has 2 heterocycles. The van der Waals surface area contributed by atoms with Gasteiger partial charge in [-0.25, -0.2) is 18.5 Å². The van der Waals surface area contributed by atoms with Crippen LogP contribution in [-0.4, -0.2) is 41.4 Å². The number of nitrogens with zero attached hydrogens (tertiary/aromatic N) is 2. The van der Waals surface area contributed by atoms with Gasteiger partial charge in [0.15, 0.2) is 0 Å². The van der Waals surface area contributed by atoms with Crippen molar-refractivity contribution in [2.24, 2.45) is 0 Å². The van der Waals surface area contributed by atoms with Gasteiger partial charge in [0.05, 0.1) is 10.7 Å². The van der Waals surface area contributed by atoms with Gasteiger partial charge in [0.2, 0.25) is 0 Å². The highest BCUT2D eigenvalue weighted by molar-refractivity contribution is 6.31. The molecule has 150 valence electrons. The maximum atomic E-state index is 13.5. The maximum absolute atomic E-state index is 13.5. The second kappa shape index (κ2) is 7.44. The fourth-order valence-electron chi connectivity index (χ4n) is 3.69. The Morgan fingerprint density at radius 3 is 2.66 bits per heavy atom. The van der Waals surface area contributed by atoms with Crippen LogP contribution in [0.3, 0.4) is 0 Å². The maximum Gasteiger partial charge on any atom is 0.332 e. The molecular formula is C20H16ClF2N3O3. The Morgan fingerprint density at radius 1 is 1.14 bits per heavy atom. The summed E-state index contributed by atoms with van der Waals surface area (Å²) < 4.78 is 26.8. The van der Waals surface area contributed by atoms with Crippen LogP contribution in [0.1, 0.15) is 23.2 Å². The second-order valence-corrected chi connectivity index (χ2v) is 7.38. The standard InChI is InChI=1S/C20H16ClF2N3O3/c21-15-8-11(4-5-16(15)23)18(27)24-13-6-7-25-17(10-13)19(28)26(20(25)29)14-3-1-2-12(22)9-14/h1-5,8-9,13,17H,6-7,10H2,(H,24,27). The van der Waals surface area contributed by atoms with E-state index in [1.807, 2.05) is 0 Å². The highest BCUT2D eigenvalue weighted by Crippen LogP contribution is 2.31. The quantitative estimate of drug-likeness (QED) is 0.776. The van der Waals surface area contributed by atoms with Crippen molar-refractivity contribution in [3.05, 3.63) is 64.7 Å². The molecule has 0 aromatic heterocycles. The van der Waals surface area contributed by atoms with Crippen LogP contribution in [0.5, 0.6) is 0 Å². The molecule has 0 saturated carbocycles. The summed E-state index contributed by atoms with van der Waals surface area (Å²) in [7, 11) is 0. The molecule has 1 N–H and O–H groups in total. The lowest BCUT2D eigenvalue weighted by Gasteiger charge is -2.32. The smallest absolute Gasteiger partial charge is 0.332 e. The minimum Gasteiger partial charge on any atom is -0.349 e. The summed E-state index contributed by atoms with van der Waals surface area (Å²) in [6.07, 6.45) is 0.685. The molecule has 2 aromatic carbocycles. The van der Waals surface area contributed by atoms with E-state index in [4.69, 9.17) is 11.6 Å². The first-order valence-electron chi connectivity index (χ1n) is 9.01. The van der Waals surface area contributed by atoms with E-state index in [1.165, 1.54) is 35.2 Å². The van der Waals surface area contributed by atoms with E-state index in [2.05, 4.69) is 5.32 Å². The van der Waals surface area contributed by atoms with Crippen LogP contribution >= 0.6 is 11.6 Å². The van der Waals surface area contributed by atoms with Gasteiger partial charge in [-0.15, -0.1) is 0 Å². The van der Waals surface area contributed by atoms with Gasteiger partial charge in [0.1, 0.15) is 17.7 Å². The Bertz CT molecular complexity index is 1020. The Labute approximate surface area is 170 Å². The summed E-state index contributed by atoms with van der Waals surface area (Å²) in [4.78, 5) is 40.3. The number of anilines is 1. The molecule has 0 radical (unpaired) electrons. The molecule has 6 nitrogen and oxygen atoms in total. The molecule has 4 rings (SSSR count). The lowest BCUT2D eigenvalue weighted by atomic mass is 9.97. The number of halogens is 3. The fraction of sp³-hybridized carbons (Fsp3) is 0.250. The van der Waals surface area contributed by atoms with Crippen LogP contribution in [0.15, 0.2) is 42.5 Å². The van der Waals surface area contributed by atoms with Crippen molar-refractivity contribution >= 4 is 35.1 Å². The van der Waals surface area contributed by atoms with Crippen molar-refractivity contribution < 1.29 is 23.2 Å². The molecule has 9 heteroatoms. The van der Waals surface area contributed by atoms with Crippen molar-refractivity contribution in [2.75, 3.05) is 11.4 Å². The topological polar surface area (TPSA) is 69.7 Å². The number of fused-ring (bicyclic) bond motifs is 1. The first-order chi connectivity index (χ1) is 13.8. The average Bonchev–Trinajstić information content (AvgIpc) is 2.94. The van der Waals surface area contributed by atoms with Crippen molar-refractivity contribution in [1.82, 2.24) is 10.2 Å². The first-order valence-corrected chi connectivity index (χ1v) is 9.39. The number of hydrogen-bond acceptors (Lipinski definition) is 3. The average molecular weight is 420 g/mol. The van der Waals surface area contributed by atoms with Crippen LogP contribution in [-0.2, 0) is 4.79 Å². The third-order valence-corrected chi connectivity index (χ3v) is 5.42. The van der Waals surface area contributed by atoms with E-state index in [0.29, 0.717) is 6.42 Å². The van der Waals surface area contributed by atoms with E-state index in [0.717, 1.165) is 17.0 Å². The van der Waals surface area contributed by atoms with Crippen molar-refractivity contribution in [1.29, 1.82) is 0 Å². The third-order valence-electron chi connectivity index (χ3n) is 5.13. The van der Waals surface area contributed by atoms with Crippen LogP contribution in [0.2, 0.25) is 5.02 Å². The zero-order valence-corrected chi connectivity index (χ0v) is 15.8. The second-order valence-electron chi connectivity index (χ2n) is 6.97. The summed E-state index contributed by atoms with van der Waals surface area (Å²) in [6.45, 7) is 0.274. The van der Waals surface area contributed by atoms with E-state index >= 15 is 0 Å². The molecule has 4 amide bonds. The van der Waals surface area contributed by atoms with E-state index < -0.39 is 35.5 Å². The highest BCUT2D eigenvalue weighted by Gasteiger charge is 2.48. The van der Waals surface area contributed by atoms with Crippen molar-refractivity contribution in [3.8, 4) is 0 Å². The van der Waals surface area contributed by atoms with E-state index in [-0.39, 0.29) is 35.3 Å². The molecule has 2 aliphatic rings. The number of piperidine rings is 1. The van der Waals surface area contributed by atoms with Crippen molar-refractivity contribution in [3.63, 3.8) is 0 Å². The molecule has 2 unspecified atom stereocenters.